The zero-order valence-electron chi connectivity index (χ0n) is 16.5. The van der Waals surface area contributed by atoms with Gasteiger partial charge in [-0.25, -0.2) is 14.4 Å². The molecule has 0 heterocycles. The molecular weight excluding hydrogens is 348 g/mol. The number of rotatable bonds is 9. The lowest BCUT2D eigenvalue weighted by Gasteiger charge is -2.34. The Kier molecular flexibility index (Phi) is 8.98. The molecule has 0 aromatic rings. The van der Waals surface area contributed by atoms with E-state index in [9.17, 15) is 14.4 Å². The molecule has 6 heteroatoms. The summed E-state index contributed by atoms with van der Waals surface area (Å²) in [6.45, 7) is 16.3. The maximum Gasteiger partial charge on any atom is 0.333 e. The van der Waals surface area contributed by atoms with Gasteiger partial charge in [0.25, 0.3) is 0 Å². The van der Waals surface area contributed by atoms with E-state index in [4.69, 9.17) is 14.2 Å². The third-order valence-corrected chi connectivity index (χ3v) is 4.40. The average Bonchev–Trinajstić information content (AvgIpc) is 2.61. The Bertz CT molecular complexity index is 527. The lowest BCUT2D eigenvalue weighted by molar-refractivity contribution is -0.143. The summed E-state index contributed by atoms with van der Waals surface area (Å²) in [6.07, 6.45) is 2.29. The number of ether oxygens (including phenoxy) is 3. The molecule has 0 bridgehead atoms. The van der Waals surface area contributed by atoms with E-state index in [2.05, 4.69) is 19.7 Å². The molecule has 0 atom stereocenters. The van der Waals surface area contributed by atoms with Crippen molar-refractivity contribution in [3.63, 3.8) is 0 Å². The number of carbonyl (C=O) groups is 3. The van der Waals surface area contributed by atoms with Gasteiger partial charge in [-0.15, -0.1) is 0 Å². The molecule has 1 aliphatic carbocycles. The van der Waals surface area contributed by atoms with Crippen LogP contribution in [-0.4, -0.2) is 37.7 Å². The van der Waals surface area contributed by atoms with Gasteiger partial charge in [0, 0.05) is 16.7 Å². The van der Waals surface area contributed by atoms with Gasteiger partial charge in [-0.05, 0) is 57.8 Å². The van der Waals surface area contributed by atoms with Gasteiger partial charge in [-0.3, -0.25) is 0 Å². The van der Waals surface area contributed by atoms with Crippen LogP contribution < -0.4 is 0 Å². The lowest BCUT2D eigenvalue weighted by atomic mass is 9.76. The summed E-state index contributed by atoms with van der Waals surface area (Å²) in [7, 11) is 0. The van der Waals surface area contributed by atoms with E-state index in [1.807, 2.05) is 0 Å². The summed E-state index contributed by atoms with van der Waals surface area (Å²) >= 11 is 0. The molecule has 1 rings (SSSR count). The van der Waals surface area contributed by atoms with Gasteiger partial charge in [0.2, 0.25) is 0 Å². The summed E-state index contributed by atoms with van der Waals surface area (Å²) in [5, 5.41) is 0. The van der Waals surface area contributed by atoms with Crippen molar-refractivity contribution >= 4 is 17.9 Å². The van der Waals surface area contributed by atoms with E-state index in [1.54, 1.807) is 20.8 Å². The summed E-state index contributed by atoms with van der Waals surface area (Å²) in [4.78, 5) is 34.9. The molecule has 150 valence electrons. The van der Waals surface area contributed by atoms with Crippen molar-refractivity contribution in [1.29, 1.82) is 0 Å². The van der Waals surface area contributed by atoms with Crippen molar-refractivity contribution < 1.29 is 28.6 Å². The number of carbonyl (C=O) groups excluding carboxylic acids is 3. The number of esters is 3. The zero-order valence-corrected chi connectivity index (χ0v) is 16.5. The van der Waals surface area contributed by atoms with Gasteiger partial charge in [0.05, 0.1) is 19.8 Å². The van der Waals surface area contributed by atoms with Crippen LogP contribution in [-0.2, 0) is 28.6 Å². The number of hydrogen-bond donors (Lipinski definition) is 0. The highest BCUT2D eigenvalue weighted by atomic mass is 16.5. The van der Waals surface area contributed by atoms with Crippen LogP contribution in [0, 0.1) is 17.8 Å². The molecule has 0 N–H and O–H groups in total. The fourth-order valence-electron chi connectivity index (χ4n) is 3.06. The van der Waals surface area contributed by atoms with Gasteiger partial charge in [0.1, 0.15) is 0 Å². The minimum Gasteiger partial charge on any atom is -0.462 e. The average molecular weight is 378 g/mol. The molecule has 0 aliphatic heterocycles. The maximum absolute atomic E-state index is 11.6. The van der Waals surface area contributed by atoms with Crippen molar-refractivity contribution in [1.82, 2.24) is 0 Å². The summed E-state index contributed by atoms with van der Waals surface area (Å²) in [5.74, 6) is -0.958. The van der Waals surface area contributed by atoms with Crippen molar-refractivity contribution in [2.24, 2.45) is 17.8 Å². The first kappa shape index (κ1) is 22.7. The predicted octanol–water partition coefficient (Wildman–Crippen LogP) is 3.38. The quantitative estimate of drug-likeness (QED) is 0.348. The van der Waals surface area contributed by atoms with Crippen molar-refractivity contribution in [3.05, 3.63) is 36.5 Å². The highest BCUT2D eigenvalue weighted by molar-refractivity contribution is 5.87. The predicted molar refractivity (Wildman–Crippen MR) is 102 cm³/mol. The third-order valence-electron chi connectivity index (χ3n) is 4.40. The highest BCUT2D eigenvalue weighted by Crippen LogP contribution is 2.34. The first-order valence-corrected chi connectivity index (χ1v) is 9.08. The molecule has 27 heavy (non-hydrogen) atoms. The Morgan fingerprint density at radius 2 is 0.852 bits per heavy atom. The summed E-state index contributed by atoms with van der Waals surface area (Å²) in [6, 6.07) is 0. The molecule has 1 aliphatic rings. The Morgan fingerprint density at radius 3 is 1.04 bits per heavy atom. The topological polar surface area (TPSA) is 78.9 Å². The normalized spacial score (nSPS) is 21.7. The zero-order chi connectivity index (χ0) is 20.6. The van der Waals surface area contributed by atoms with Gasteiger partial charge < -0.3 is 14.2 Å². The van der Waals surface area contributed by atoms with Gasteiger partial charge in [-0.1, -0.05) is 19.7 Å². The standard InChI is InChI=1S/C21H30O6/c1-13(2)19(22)25-10-16-7-17(11-26-20(23)14(3)4)9-18(8-16)12-27-21(24)15(5)6/h16-18H,1,3,5,7-12H2,2,4,6H3. The fourth-order valence-corrected chi connectivity index (χ4v) is 3.06. The minimum absolute atomic E-state index is 0.101. The monoisotopic (exact) mass is 378 g/mol. The molecule has 0 amide bonds. The van der Waals surface area contributed by atoms with Crippen LogP contribution in [0.3, 0.4) is 0 Å². The highest BCUT2D eigenvalue weighted by Gasteiger charge is 2.31. The molecule has 0 saturated heterocycles. The number of hydrogen-bond acceptors (Lipinski definition) is 6. The van der Waals surface area contributed by atoms with Crippen molar-refractivity contribution in [3.8, 4) is 0 Å². The smallest absolute Gasteiger partial charge is 0.333 e. The van der Waals surface area contributed by atoms with E-state index in [1.165, 1.54) is 0 Å². The molecule has 0 spiro atoms. The molecule has 0 unspecified atom stereocenters. The van der Waals surface area contributed by atoms with Crippen LogP contribution in [0.2, 0.25) is 0 Å². The van der Waals surface area contributed by atoms with Crippen LogP contribution in [0.4, 0.5) is 0 Å². The molecule has 1 fully saturated rings. The van der Waals surface area contributed by atoms with E-state index < -0.39 is 17.9 Å². The molecule has 0 aromatic heterocycles. The first-order chi connectivity index (χ1) is 12.6. The molecule has 1 saturated carbocycles. The Balaban J connectivity index is 2.66. The van der Waals surface area contributed by atoms with E-state index >= 15 is 0 Å². The van der Waals surface area contributed by atoms with E-state index in [0.29, 0.717) is 16.7 Å². The molecule has 0 aromatic carbocycles. The van der Waals surface area contributed by atoms with Gasteiger partial charge in [0.15, 0.2) is 0 Å². The van der Waals surface area contributed by atoms with Crippen LogP contribution in [0.15, 0.2) is 36.5 Å². The Labute approximate surface area is 161 Å². The van der Waals surface area contributed by atoms with Crippen LogP contribution in [0.5, 0.6) is 0 Å². The minimum atomic E-state index is -0.420. The Morgan fingerprint density at radius 1 is 0.630 bits per heavy atom. The van der Waals surface area contributed by atoms with Crippen molar-refractivity contribution in [2.75, 3.05) is 19.8 Å². The molecular formula is C21H30O6. The summed E-state index contributed by atoms with van der Waals surface area (Å²) < 4.78 is 15.9. The Hall–Kier alpha value is -2.37. The first-order valence-electron chi connectivity index (χ1n) is 9.08. The van der Waals surface area contributed by atoms with Crippen LogP contribution in [0.25, 0.3) is 0 Å². The fraction of sp³-hybridized carbons (Fsp3) is 0.571. The van der Waals surface area contributed by atoms with E-state index in [-0.39, 0.29) is 37.6 Å². The van der Waals surface area contributed by atoms with Gasteiger partial charge in [-0.2, -0.15) is 0 Å². The lowest BCUT2D eigenvalue weighted by Crippen LogP contribution is -2.32. The molecule has 0 radical (unpaired) electrons. The van der Waals surface area contributed by atoms with Gasteiger partial charge >= 0.3 is 17.9 Å². The van der Waals surface area contributed by atoms with Crippen LogP contribution in [0.1, 0.15) is 40.0 Å². The second-order valence-corrected chi connectivity index (χ2v) is 7.44. The third kappa shape index (κ3) is 8.24. The maximum atomic E-state index is 11.6. The molecule has 6 nitrogen and oxygen atoms in total. The second-order valence-electron chi connectivity index (χ2n) is 7.44. The van der Waals surface area contributed by atoms with E-state index in [0.717, 1.165) is 19.3 Å². The summed E-state index contributed by atoms with van der Waals surface area (Å²) in [5.41, 5.74) is 1.05. The SMILES string of the molecule is C=C(C)C(=O)OCC1CC(COC(=O)C(=C)C)CC(COC(=O)C(=C)C)C1. The largest absolute Gasteiger partial charge is 0.462 e. The van der Waals surface area contributed by atoms with Crippen molar-refractivity contribution in [2.45, 2.75) is 40.0 Å². The van der Waals surface area contributed by atoms with Crippen LogP contribution >= 0.6 is 0 Å². The second kappa shape index (κ2) is 10.7.